The maximum Gasteiger partial charge on any atom is 0.169 e. The molecule has 0 unspecified atom stereocenters. The van der Waals surface area contributed by atoms with Crippen LogP contribution in [0, 0.1) is 0 Å². The maximum atomic E-state index is 2.38. The molecule has 0 aliphatic carbocycles. The van der Waals surface area contributed by atoms with E-state index in [2.05, 4.69) is 86.3 Å². The van der Waals surface area contributed by atoms with Crippen molar-refractivity contribution in [2.75, 3.05) is 0 Å². The van der Waals surface area contributed by atoms with Crippen LogP contribution in [-0.4, -0.2) is 5.48 Å². The number of aromatic nitrogens is 1. The molecule has 30 heavy (non-hydrogen) atoms. The van der Waals surface area contributed by atoms with Crippen molar-refractivity contribution in [3.63, 3.8) is 0 Å². The topological polar surface area (TPSA) is 33.9 Å². The minimum absolute atomic E-state index is 0. The average Bonchev–Trinajstić information content (AvgIpc) is 2.77. The van der Waals surface area contributed by atoms with Gasteiger partial charge in [0.2, 0.25) is 0 Å². The highest BCUT2D eigenvalue weighted by atomic mass is 16.0. The average molecular weight is 410 g/mol. The Morgan fingerprint density at radius 1 is 0.667 bits per heavy atom. The summed E-state index contributed by atoms with van der Waals surface area (Å²) in [6, 6.07) is 13.7. The molecule has 2 heteroatoms. The SMILES string of the molecule is CCCCCCC(CCCCCC)c1ccc(/C=C/c2cc[n+](CC)cc2)cc1.[OH-]. The van der Waals surface area contributed by atoms with E-state index in [1.54, 1.807) is 5.56 Å². The largest absolute Gasteiger partial charge is 0.870 e. The molecule has 0 saturated carbocycles. The number of nitrogens with zero attached hydrogens (tertiary/aromatic N) is 1. The summed E-state index contributed by atoms with van der Waals surface area (Å²) in [5.41, 5.74) is 4.08. The third-order valence-electron chi connectivity index (χ3n) is 5.97. The first-order chi connectivity index (χ1) is 14.3. The number of benzene rings is 1. The van der Waals surface area contributed by atoms with Crippen LogP contribution in [0.1, 0.15) is 108 Å². The molecule has 0 spiro atoms. The lowest BCUT2D eigenvalue weighted by atomic mass is 9.88. The Balaban J connectivity index is 0.00000450. The van der Waals surface area contributed by atoms with Gasteiger partial charge in [-0.15, -0.1) is 0 Å². The number of pyridine rings is 1. The van der Waals surface area contributed by atoms with Crippen LogP contribution in [0.15, 0.2) is 48.8 Å². The molecule has 1 N–H and O–H groups in total. The first-order valence-corrected chi connectivity index (χ1v) is 12.0. The fraction of sp³-hybridized carbons (Fsp3) is 0.536. The van der Waals surface area contributed by atoms with Crippen molar-refractivity contribution in [1.82, 2.24) is 0 Å². The van der Waals surface area contributed by atoms with Crippen LogP contribution in [0.25, 0.3) is 12.2 Å². The molecule has 2 aromatic rings. The molecular formula is C28H43NO. The van der Waals surface area contributed by atoms with Gasteiger partial charge in [0.25, 0.3) is 0 Å². The smallest absolute Gasteiger partial charge is 0.169 e. The normalized spacial score (nSPS) is 11.2. The minimum atomic E-state index is 0. The van der Waals surface area contributed by atoms with Gasteiger partial charge in [-0.1, -0.05) is 102 Å². The number of unbranched alkanes of at least 4 members (excludes halogenated alkanes) is 6. The zero-order chi connectivity index (χ0) is 20.7. The maximum absolute atomic E-state index is 2.38. The summed E-state index contributed by atoms with van der Waals surface area (Å²) in [6.45, 7) is 7.78. The van der Waals surface area contributed by atoms with Gasteiger partial charge >= 0.3 is 0 Å². The Hall–Kier alpha value is -1.93. The van der Waals surface area contributed by atoms with Gasteiger partial charge in [-0.3, -0.25) is 0 Å². The van der Waals surface area contributed by atoms with Crippen molar-refractivity contribution in [3.05, 3.63) is 65.5 Å². The summed E-state index contributed by atoms with van der Waals surface area (Å²) in [5, 5.41) is 0. The molecule has 166 valence electrons. The summed E-state index contributed by atoms with van der Waals surface area (Å²) in [5.74, 6) is 0.736. The third-order valence-corrected chi connectivity index (χ3v) is 5.97. The molecule has 0 fully saturated rings. The Kier molecular flexibility index (Phi) is 13.8. The van der Waals surface area contributed by atoms with Crippen LogP contribution >= 0.6 is 0 Å². The second-order valence-corrected chi connectivity index (χ2v) is 8.36. The fourth-order valence-electron chi connectivity index (χ4n) is 3.98. The summed E-state index contributed by atoms with van der Waals surface area (Å²) < 4.78 is 2.19. The monoisotopic (exact) mass is 409 g/mol. The van der Waals surface area contributed by atoms with E-state index in [4.69, 9.17) is 0 Å². The van der Waals surface area contributed by atoms with E-state index < -0.39 is 0 Å². The van der Waals surface area contributed by atoms with E-state index in [1.165, 1.54) is 75.3 Å². The highest BCUT2D eigenvalue weighted by Gasteiger charge is 2.11. The van der Waals surface area contributed by atoms with Gasteiger partial charge in [0.05, 0.1) is 0 Å². The molecular weight excluding hydrogens is 366 g/mol. The zero-order valence-electron chi connectivity index (χ0n) is 19.5. The second-order valence-electron chi connectivity index (χ2n) is 8.36. The first-order valence-electron chi connectivity index (χ1n) is 12.0. The van der Waals surface area contributed by atoms with Crippen molar-refractivity contribution in [3.8, 4) is 0 Å². The van der Waals surface area contributed by atoms with Gasteiger partial charge in [0, 0.05) is 12.1 Å². The van der Waals surface area contributed by atoms with E-state index in [-0.39, 0.29) is 5.48 Å². The van der Waals surface area contributed by atoms with Gasteiger partial charge in [0.1, 0.15) is 6.54 Å². The molecule has 0 atom stereocenters. The molecule has 1 aromatic heterocycles. The Morgan fingerprint density at radius 3 is 1.63 bits per heavy atom. The number of hydrogen-bond donors (Lipinski definition) is 0. The molecule has 1 heterocycles. The Morgan fingerprint density at radius 2 is 1.17 bits per heavy atom. The third kappa shape index (κ3) is 9.71. The molecule has 0 saturated heterocycles. The summed E-state index contributed by atoms with van der Waals surface area (Å²) >= 11 is 0. The molecule has 0 bridgehead atoms. The zero-order valence-corrected chi connectivity index (χ0v) is 19.5. The van der Waals surface area contributed by atoms with E-state index in [0.717, 1.165) is 12.5 Å². The lowest BCUT2D eigenvalue weighted by Gasteiger charge is -2.18. The summed E-state index contributed by atoms with van der Waals surface area (Å²) in [4.78, 5) is 0. The first kappa shape index (κ1) is 26.1. The molecule has 0 aliphatic heterocycles. The number of hydrogen-bond acceptors (Lipinski definition) is 1. The van der Waals surface area contributed by atoms with Crippen LogP contribution in [0.2, 0.25) is 0 Å². The van der Waals surface area contributed by atoms with E-state index >= 15 is 0 Å². The Bertz CT molecular complexity index is 676. The molecule has 0 amide bonds. The Labute approximate surface area is 185 Å². The van der Waals surface area contributed by atoms with Crippen LogP contribution in [0.4, 0.5) is 0 Å². The van der Waals surface area contributed by atoms with Gasteiger partial charge in [-0.25, -0.2) is 4.57 Å². The molecule has 0 radical (unpaired) electrons. The summed E-state index contributed by atoms with van der Waals surface area (Å²) in [6.07, 6.45) is 22.3. The number of aryl methyl sites for hydroxylation is 1. The predicted molar refractivity (Wildman–Crippen MR) is 130 cm³/mol. The van der Waals surface area contributed by atoms with Crippen molar-refractivity contribution in [2.45, 2.75) is 97.4 Å². The van der Waals surface area contributed by atoms with E-state index in [0.29, 0.717) is 0 Å². The van der Waals surface area contributed by atoms with Crippen LogP contribution in [0.5, 0.6) is 0 Å². The van der Waals surface area contributed by atoms with Crippen molar-refractivity contribution in [1.29, 1.82) is 0 Å². The summed E-state index contributed by atoms with van der Waals surface area (Å²) in [7, 11) is 0. The van der Waals surface area contributed by atoms with Gasteiger partial charge in [-0.05, 0) is 42.4 Å². The standard InChI is InChI=1S/C28H42N.H2O/c1-4-7-9-11-13-27(14-12-10-8-5-2)28-19-17-25(18-20-28)15-16-26-21-23-29(6-3)24-22-26;/h15-24,27H,4-14H2,1-3H3;1H2/q+1;/p-1/b16-15+;. The molecule has 0 aliphatic rings. The van der Waals surface area contributed by atoms with Crippen LogP contribution in [0.3, 0.4) is 0 Å². The quantitative estimate of drug-likeness (QED) is 0.230. The van der Waals surface area contributed by atoms with Crippen LogP contribution < -0.4 is 4.57 Å². The van der Waals surface area contributed by atoms with Gasteiger partial charge in [0.15, 0.2) is 12.4 Å². The molecule has 2 rings (SSSR count). The lowest BCUT2D eigenvalue weighted by molar-refractivity contribution is -0.693. The van der Waals surface area contributed by atoms with Gasteiger partial charge in [-0.2, -0.15) is 0 Å². The highest BCUT2D eigenvalue weighted by molar-refractivity contribution is 5.69. The van der Waals surface area contributed by atoms with Crippen LogP contribution in [-0.2, 0) is 6.54 Å². The van der Waals surface area contributed by atoms with E-state index in [9.17, 15) is 0 Å². The molecule has 1 aromatic carbocycles. The van der Waals surface area contributed by atoms with Crippen molar-refractivity contribution in [2.24, 2.45) is 0 Å². The predicted octanol–water partition coefficient (Wildman–Crippen LogP) is 8.01. The van der Waals surface area contributed by atoms with Crippen molar-refractivity contribution < 1.29 is 10.0 Å². The molecule has 2 nitrogen and oxygen atoms in total. The lowest BCUT2D eigenvalue weighted by Crippen LogP contribution is -2.30. The van der Waals surface area contributed by atoms with Crippen molar-refractivity contribution >= 4 is 12.2 Å². The minimum Gasteiger partial charge on any atom is -0.870 e. The number of rotatable bonds is 14. The van der Waals surface area contributed by atoms with Gasteiger partial charge < -0.3 is 5.48 Å². The second kappa shape index (κ2) is 15.8. The van der Waals surface area contributed by atoms with E-state index in [1.807, 2.05) is 0 Å². The fourth-order valence-corrected chi connectivity index (χ4v) is 3.98. The highest BCUT2D eigenvalue weighted by Crippen LogP contribution is 2.29.